The summed E-state index contributed by atoms with van der Waals surface area (Å²) in [6.07, 6.45) is 0. The summed E-state index contributed by atoms with van der Waals surface area (Å²) >= 11 is 0. The number of nitrogens with zero attached hydrogens (tertiary/aromatic N) is 3. The Morgan fingerprint density at radius 3 is 2.64 bits per heavy atom. The molecule has 9 heteroatoms. The van der Waals surface area contributed by atoms with Crippen LogP contribution in [0, 0.1) is 12.7 Å². The van der Waals surface area contributed by atoms with Gasteiger partial charge in [-0.2, -0.15) is 8.78 Å². The van der Waals surface area contributed by atoms with Gasteiger partial charge in [0.15, 0.2) is 0 Å². The van der Waals surface area contributed by atoms with Crippen molar-refractivity contribution in [2.45, 2.75) is 45.3 Å². The van der Waals surface area contributed by atoms with Crippen LogP contribution in [0.2, 0.25) is 0 Å². The standard InChI is InChI=1S/C24H27F3N4O2/c1-13(15-7-6-8-17(21(15)25)24(26,27)23(3,4)32)28-22-16-11-19-20(33-10-9-31(19)5)12-18(16)29-14(2)30-22/h6-8,11-13,32H,9-10H2,1-5H3,(H,28,29,30)/t13-/m1/s1. The van der Waals surface area contributed by atoms with Crippen LogP contribution < -0.4 is 15.0 Å². The van der Waals surface area contributed by atoms with Crippen molar-refractivity contribution in [1.82, 2.24) is 9.97 Å². The maximum atomic E-state index is 15.2. The Balaban J connectivity index is 1.75. The predicted molar refractivity (Wildman–Crippen MR) is 122 cm³/mol. The fourth-order valence-electron chi connectivity index (χ4n) is 3.94. The molecule has 0 spiro atoms. The van der Waals surface area contributed by atoms with E-state index in [9.17, 15) is 13.9 Å². The highest BCUT2D eigenvalue weighted by molar-refractivity contribution is 5.94. The van der Waals surface area contributed by atoms with E-state index in [-0.39, 0.29) is 5.56 Å². The smallest absolute Gasteiger partial charge is 0.303 e. The predicted octanol–water partition coefficient (Wildman–Crippen LogP) is 4.94. The third-order valence-corrected chi connectivity index (χ3v) is 5.94. The third kappa shape index (κ3) is 4.06. The number of ether oxygens (including phenoxy) is 1. The lowest BCUT2D eigenvalue weighted by Crippen LogP contribution is -2.41. The maximum Gasteiger partial charge on any atom is 0.303 e. The molecular weight excluding hydrogens is 433 g/mol. The van der Waals surface area contributed by atoms with E-state index in [2.05, 4.69) is 20.2 Å². The Morgan fingerprint density at radius 1 is 1.21 bits per heavy atom. The second-order valence-electron chi connectivity index (χ2n) is 8.93. The van der Waals surface area contributed by atoms with Crippen molar-refractivity contribution in [1.29, 1.82) is 0 Å². The first kappa shape index (κ1) is 23.1. The Kier molecular flexibility index (Phi) is 5.64. The summed E-state index contributed by atoms with van der Waals surface area (Å²) < 4.78 is 50.4. The quantitative estimate of drug-likeness (QED) is 0.562. The molecule has 2 N–H and O–H groups in total. The van der Waals surface area contributed by atoms with Gasteiger partial charge in [0.05, 0.1) is 29.4 Å². The third-order valence-electron chi connectivity index (χ3n) is 5.94. The number of aryl methyl sites for hydroxylation is 1. The molecule has 4 rings (SSSR count). The van der Waals surface area contributed by atoms with E-state index in [0.29, 0.717) is 29.2 Å². The zero-order valence-corrected chi connectivity index (χ0v) is 19.2. The van der Waals surface area contributed by atoms with Crippen molar-refractivity contribution < 1.29 is 23.0 Å². The second kappa shape index (κ2) is 8.06. The molecule has 1 aliphatic heterocycles. The first-order valence-corrected chi connectivity index (χ1v) is 10.7. The summed E-state index contributed by atoms with van der Waals surface area (Å²) in [7, 11) is 1.96. The lowest BCUT2D eigenvalue weighted by molar-refractivity contribution is -0.170. The van der Waals surface area contributed by atoms with Crippen LogP contribution in [-0.4, -0.2) is 40.9 Å². The molecule has 176 valence electrons. The fourth-order valence-corrected chi connectivity index (χ4v) is 3.94. The van der Waals surface area contributed by atoms with Gasteiger partial charge in [-0.25, -0.2) is 14.4 Å². The molecule has 0 unspecified atom stereocenters. The van der Waals surface area contributed by atoms with Crippen molar-refractivity contribution in [2.75, 3.05) is 30.4 Å². The highest BCUT2D eigenvalue weighted by atomic mass is 19.3. The molecule has 1 aliphatic rings. The first-order valence-electron chi connectivity index (χ1n) is 10.7. The molecule has 3 aromatic rings. The van der Waals surface area contributed by atoms with Crippen molar-refractivity contribution in [2.24, 2.45) is 0 Å². The van der Waals surface area contributed by atoms with Gasteiger partial charge in [-0.3, -0.25) is 0 Å². The number of fused-ring (bicyclic) bond motifs is 2. The SMILES string of the molecule is Cc1nc(N[C@H](C)c2cccc(C(F)(F)C(C)(C)O)c2F)c2cc3c(cc2n1)OCCN3C. The molecule has 0 aliphatic carbocycles. The number of likely N-dealkylation sites (N-methyl/N-ethyl adjacent to an activating group) is 1. The van der Waals surface area contributed by atoms with Gasteiger partial charge in [-0.05, 0) is 39.8 Å². The van der Waals surface area contributed by atoms with Crippen molar-refractivity contribution in [3.05, 3.63) is 53.1 Å². The molecule has 33 heavy (non-hydrogen) atoms. The number of anilines is 2. The van der Waals surface area contributed by atoms with Gasteiger partial charge in [-0.1, -0.05) is 12.1 Å². The van der Waals surface area contributed by atoms with Crippen molar-refractivity contribution in [3.63, 3.8) is 0 Å². The molecule has 6 nitrogen and oxygen atoms in total. The first-order chi connectivity index (χ1) is 15.4. The number of nitrogens with one attached hydrogen (secondary N) is 1. The second-order valence-corrected chi connectivity index (χ2v) is 8.93. The van der Waals surface area contributed by atoms with Gasteiger partial charge in [0.1, 0.15) is 35.4 Å². The number of aliphatic hydroxyl groups is 1. The molecule has 0 fully saturated rings. The minimum absolute atomic E-state index is 0.0410. The van der Waals surface area contributed by atoms with Crippen LogP contribution in [0.3, 0.4) is 0 Å². The van der Waals surface area contributed by atoms with Gasteiger partial charge >= 0.3 is 5.92 Å². The molecule has 0 saturated heterocycles. The zero-order chi connectivity index (χ0) is 24.1. The lowest BCUT2D eigenvalue weighted by Gasteiger charge is -2.30. The highest BCUT2D eigenvalue weighted by Crippen LogP contribution is 2.42. The lowest BCUT2D eigenvalue weighted by atomic mass is 9.91. The van der Waals surface area contributed by atoms with Gasteiger partial charge in [0, 0.05) is 24.1 Å². The molecule has 1 atom stereocenters. The van der Waals surface area contributed by atoms with E-state index in [1.54, 1.807) is 13.8 Å². The van der Waals surface area contributed by atoms with Gasteiger partial charge in [0.25, 0.3) is 0 Å². The number of rotatable bonds is 5. The van der Waals surface area contributed by atoms with E-state index in [1.807, 2.05) is 19.2 Å². The minimum atomic E-state index is -3.77. The number of benzene rings is 2. The van der Waals surface area contributed by atoms with E-state index in [0.717, 1.165) is 37.9 Å². The topological polar surface area (TPSA) is 70.5 Å². The van der Waals surface area contributed by atoms with Gasteiger partial charge in [-0.15, -0.1) is 0 Å². The van der Waals surface area contributed by atoms with E-state index < -0.39 is 28.9 Å². The summed E-state index contributed by atoms with van der Waals surface area (Å²) in [5.41, 5.74) is -1.68. The largest absolute Gasteiger partial charge is 0.489 e. The molecule has 2 heterocycles. The molecule has 0 amide bonds. The number of aromatic nitrogens is 2. The molecule has 0 bridgehead atoms. The van der Waals surface area contributed by atoms with Crippen molar-refractivity contribution >= 4 is 22.4 Å². The summed E-state index contributed by atoms with van der Waals surface area (Å²) in [4.78, 5) is 11.0. The van der Waals surface area contributed by atoms with Crippen LogP contribution in [0.4, 0.5) is 24.7 Å². The zero-order valence-electron chi connectivity index (χ0n) is 19.2. The van der Waals surface area contributed by atoms with Crippen molar-refractivity contribution in [3.8, 4) is 5.75 Å². The molecule has 0 radical (unpaired) electrons. The van der Waals surface area contributed by atoms with Gasteiger partial charge < -0.3 is 20.1 Å². The molecule has 2 aromatic carbocycles. The Labute approximate surface area is 190 Å². The highest BCUT2D eigenvalue weighted by Gasteiger charge is 2.49. The summed E-state index contributed by atoms with van der Waals surface area (Å²) in [6.45, 7) is 6.63. The van der Waals surface area contributed by atoms with Crippen LogP contribution in [0.25, 0.3) is 10.9 Å². The minimum Gasteiger partial charge on any atom is -0.489 e. The van der Waals surface area contributed by atoms with Crippen LogP contribution >= 0.6 is 0 Å². The normalized spacial score (nSPS) is 15.2. The van der Waals surface area contributed by atoms with Crippen LogP contribution in [-0.2, 0) is 5.92 Å². The van der Waals surface area contributed by atoms with Crippen LogP contribution in [0.5, 0.6) is 5.75 Å². The Hall–Kier alpha value is -3.07. The average Bonchev–Trinajstić information content (AvgIpc) is 2.72. The van der Waals surface area contributed by atoms with E-state index in [1.165, 1.54) is 12.1 Å². The van der Waals surface area contributed by atoms with E-state index >= 15 is 4.39 Å². The number of alkyl halides is 2. The van der Waals surface area contributed by atoms with Crippen LogP contribution in [0.1, 0.15) is 43.8 Å². The molecule has 1 aromatic heterocycles. The average molecular weight is 461 g/mol. The van der Waals surface area contributed by atoms with Gasteiger partial charge in [0.2, 0.25) is 0 Å². The Morgan fingerprint density at radius 2 is 1.94 bits per heavy atom. The maximum absolute atomic E-state index is 15.2. The van der Waals surface area contributed by atoms with Crippen LogP contribution in [0.15, 0.2) is 30.3 Å². The molecule has 0 saturated carbocycles. The number of hydrogen-bond acceptors (Lipinski definition) is 6. The summed E-state index contributed by atoms with van der Waals surface area (Å²) in [6, 6.07) is 6.86. The fraction of sp³-hybridized carbons (Fsp3) is 0.417. The number of halogens is 3. The number of hydrogen-bond donors (Lipinski definition) is 2. The summed E-state index contributed by atoms with van der Waals surface area (Å²) in [5.74, 6) is -3.14. The molecular formula is C24H27F3N4O2. The van der Waals surface area contributed by atoms with E-state index in [4.69, 9.17) is 4.74 Å². The summed E-state index contributed by atoms with van der Waals surface area (Å²) in [5, 5.41) is 13.8. The Bertz CT molecular complexity index is 1210. The monoisotopic (exact) mass is 460 g/mol.